The Morgan fingerprint density at radius 2 is 2.00 bits per heavy atom. The van der Waals surface area contributed by atoms with Crippen molar-refractivity contribution in [2.75, 3.05) is 19.4 Å². The number of hydrogen-bond donors (Lipinski definition) is 1. The first kappa shape index (κ1) is 18.6. The monoisotopic (exact) mass is 388 g/mol. The molecule has 0 bridgehead atoms. The maximum atomic E-state index is 12.3. The van der Waals surface area contributed by atoms with Crippen LogP contribution < -0.4 is 4.74 Å². The molecule has 3 heterocycles. The molecule has 2 unspecified atom stereocenters. The summed E-state index contributed by atoms with van der Waals surface area (Å²) in [4.78, 5) is 6.55. The van der Waals surface area contributed by atoms with Crippen LogP contribution in [0.25, 0.3) is 11.3 Å². The molecule has 2 atom stereocenters. The molecule has 4 rings (SSSR count). The highest BCUT2D eigenvalue weighted by Gasteiger charge is 2.36. The van der Waals surface area contributed by atoms with E-state index in [0.29, 0.717) is 16.7 Å². The van der Waals surface area contributed by atoms with E-state index in [1.807, 2.05) is 6.07 Å². The second kappa shape index (κ2) is 7.32. The van der Waals surface area contributed by atoms with Gasteiger partial charge in [0, 0.05) is 23.0 Å². The lowest BCUT2D eigenvalue weighted by molar-refractivity contribution is 0.148. The zero-order chi connectivity index (χ0) is 19.0. The lowest BCUT2D eigenvalue weighted by Crippen LogP contribution is -2.35. The summed E-state index contributed by atoms with van der Waals surface area (Å²) in [6, 6.07) is 10.5. The zero-order valence-electron chi connectivity index (χ0n) is 16.1. The second-order valence-corrected chi connectivity index (χ2v) is 9.85. The van der Waals surface area contributed by atoms with Gasteiger partial charge in [-0.25, -0.2) is 8.42 Å². The van der Waals surface area contributed by atoms with Crippen LogP contribution in [0.5, 0.6) is 5.75 Å². The van der Waals surface area contributed by atoms with Gasteiger partial charge in [-0.15, -0.1) is 0 Å². The Balaban J connectivity index is 1.68. The molecule has 0 saturated carbocycles. The smallest absolute Gasteiger partial charge is 0.178 e. The van der Waals surface area contributed by atoms with Crippen molar-refractivity contribution in [1.29, 1.82) is 0 Å². The quantitative estimate of drug-likeness (QED) is 0.835. The normalized spacial score (nSPS) is 23.3. The molecule has 0 amide bonds. The van der Waals surface area contributed by atoms with Crippen LogP contribution in [0.1, 0.15) is 50.8 Å². The molecular weight excluding hydrogens is 360 g/mol. The Kier molecular flexibility index (Phi) is 5.03. The molecule has 2 aliphatic rings. The number of ether oxygens (including phenoxy) is 1. The molecule has 2 aliphatic heterocycles. The number of hydrogen-bond acceptors (Lipinski definition) is 4. The van der Waals surface area contributed by atoms with E-state index in [1.54, 1.807) is 32.2 Å². The van der Waals surface area contributed by atoms with Gasteiger partial charge >= 0.3 is 0 Å². The summed E-state index contributed by atoms with van der Waals surface area (Å²) in [6.07, 6.45) is 6.40. The molecule has 146 valence electrons. The number of piperidine rings is 1. The summed E-state index contributed by atoms with van der Waals surface area (Å²) in [5.74, 6) is 0.772. The topological polar surface area (TPSA) is 62.4 Å². The highest BCUT2D eigenvalue weighted by Crippen LogP contribution is 2.41. The Hall–Kier alpha value is -1.79. The van der Waals surface area contributed by atoms with Crippen LogP contribution in [0.2, 0.25) is 0 Å². The van der Waals surface area contributed by atoms with Crippen molar-refractivity contribution in [2.24, 2.45) is 0 Å². The van der Waals surface area contributed by atoms with Crippen LogP contribution >= 0.6 is 0 Å². The number of aromatic nitrogens is 1. The zero-order valence-corrected chi connectivity index (χ0v) is 16.9. The van der Waals surface area contributed by atoms with Crippen LogP contribution in [-0.4, -0.2) is 43.8 Å². The van der Waals surface area contributed by atoms with Gasteiger partial charge < -0.3 is 9.72 Å². The first-order chi connectivity index (χ1) is 13.0. The summed E-state index contributed by atoms with van der Waals surface area (Å²) in [5, 5.41) is 0. The largest absolute Gasteiger partial charge is 0.496 e. The third kappa shape index (κ3) is 3.41. The van der Waals surface area contributed by atoms with Crippen molar-refractivity contribution >= 4 is 9.84 Å². The molecule has 2 saturated heterocycles. The maximum Gasteiger partial charge on any atom is 0.178 e. The minimum Gasteiger partial charge on any atom is -0.496 e. The fourth-order valence-electron chi connectivity index (χ4n) is 4.61. The molecule has 0 aliphatic carbocycles. The molecule has 2 aromatic rings. The second-order valence-electron chi connectivity index (χ2n) is 7.57. The molecule has 6 heteroatoms. The van der Waals surface area contributed by atoms with Crippen LogP contribution in [0.4, 0.5) is 0 Å². The SMILES string of the molecule is CCS(=O)(=O)c1ccc(OC)c(-c2ccc(C3CCC4CCCCN43)[nH]2)c1. The summed E-state index contributed by atoms with van der Waals surface area (Å²) in [6.45, 7) is 2.85. The first-order valence-electron chi connectivity index (χ1n) is 9.89. The minimum absolute atomic E-state index is 0.0904. The molecule has 0 radical (unpaired) electrons. The molecular formula is C21H28N2O3S. The van der Waals surface area contributed by atoms with Crippen molar-refractivity contribution in [2.45, 2.75) is 56.0 Å². The summed E-state index contributed by atoms with van der Waals surface area (Å²) < 4.78 is 30.1. The number of aromatic amines is 1. The molecule has 1 aromatic carbocycles. The van der Waals surface area contributed by atoms with Crippen molar-refractivity contribution in [1.82, 2.24) is 9.88 Å². The number of fused-ring (bicyclic) bond motifs is 1. The van der Waals surface area contributed by atoms with E-state index in [9.17, 15) is 8.42 Å². The molecule has 1 aromatic heterocycles. The third-order valence-electron chi connectivity index (χ3n) is 6.11. The number of sulfone groups is 1. The summed E-state index contributed by atoms with van der Waals surface area (Å²) in [5.41, 5.74) is 2.93. The number of benzene rings is 1. The lowest BCUT2D eigenvalue weighted by Gasteiger charge is -2.33. The van der Waals surface area contributed by atoms with E-state index in [4.69, 9.17) is 4.74 Å². The Morgan fingerprint density at radius 1 is 1.15 bits per heavy atom. The van der Waals surface area contributed by atoms with E-state index in [-0.39, 0.29) is 5.75 Å². The number of H-pyrrole nitrogens is 1. The summed E-state index contributed by atoms with van der Waals surface area (Å²) in [7, 11) is -1.64. The Labute approximate surface area is 161 Å². The van der Waals surface area contributed by atoms with Gasteiger partial charge in [0.1, 0.15) is 5.75 Å². The predicted octanol–water partition coefficient (Wildman–Crippen LogP) is 4.17. The van der Waals surface area contributed by atoms with E-state index < -0.39 is 9.84 Å². The molecule has 0 spiro atoms. The number of methoxy groups -OCH3 is 1. The van der Waals surface area contributed by atoms with Gasteiger partial charge in [0.15, 0.2) is 9.84 Å². The average Bonchev–Trinajstić information content (AvgIpc) is 3.34. The first-order valence-corrected chi connectivity index (χ1v) is 11.5. The maximum absolute atomic E-state index is 12.3. The van der Waals surface area contributed by atoms with Gasteiger partial charge in [0.2, 0.25) is 0 Å². The fraction of sp³-hybridized carbons (Fsp3) is 0.524. The minimum atomic E-state index is -3.26. The number of rotatable bonds is 5. The predicted molar refractivity (Wildman–Crippen MR) is 107 cm³/mol. The number of nitrogens with one attached hydrogen (secondary N) is 1. The van der Waals surface area contributed by atoms with Gasteiger partial charge in [0.05, 0.1) is 23.8 Å². The average molecular weight is 389 g/mol. The van der Waals surface area contributed by atoms with E-state index >= 15 is 0 Å². The van der Waals surface area contributed by atoms with E-state index in [1.165, 1.54) is 44.3 Å². The van der Waals surface area contributed by atoms with Gasteiger partial charge in [-0.2, -0.15) is 0 Å². The van der Waals surface area contributed by atoms with Crippen LogP contribution in [0.15, 0.2) is 35.2 Å². The number of nitrogens with zero attached hydrogens (tertiary/aromatic N) is 1. The van der Waals surface area contributed by atoms with Crippen molar-refractivity contribution in [3.8, 4) is 17.0 Å². The van der Waals surface area contributed by atoms with Crippen molar-refractivity contribution in [3.63, 3.8) is 0 Å². The van der Waals surface area contributed by atoms with Gasteiger partial charge in [-0.3, -0.25) is 4.90 Å². The van der Waals surface area contributed by atoms with Crippen LogP contribution in [0.3, 0.4) is 0 Å². The molecule has 1 N–H and O–H groups in total. The van der Waals surface area contributed by atoms with Crippen LogP contribution in [0, 0.1) is 0 Å². The van der Waals surface area contributed by atoms with E-state index in [2.05, 4.69) is 16.0 Å². The Morgan fingerprint density at radius 3 is 2.78 bits per heavy atom. The highest BCUT2D eigenvalue weighted by molar-refractivity contribution is 7.91. The van der Waals surface area contributed by atoms with Gasteiger partial charge in [-0.05, 0) is 62.6 Å². The Bertz CT molecular complexity index is 919. The molecule has 5 nitrogen and oxygen atoms in total. The van der Waals surface area contributed by atoms with Crippen molar-refractivity contribution in [3.05, 3.63) is 36.0 Å². The highest BCUT2D eigenvalue weighted by atomic mass is 32.2. The standard InChI is InChI=1S/C21H28N2O3S/c1-3-27(24,25)16-8-12-21(26-2)17(14-16)18-9-10-19(22-18)20-11-7-15-6-4-5-13-23(15)20/h8-10,12,14-15,20,22H,3-7,11,13H2,1-2H3. The van der Waals surface area contributed by atoms with Gasteiger partial charge in [-0.1, -0.05) is 13.3 Å². The fourth-order valence-corrected chi connectivity index (χ4v) is 5.52. The molecule has 27 heavy (non-hydrogen) atoms. The van der Waals surface area contributed by atoms with Crippen molar-refractivity contribution < 1.29 is 13.2 Å². The van der Waals surface area contributed by atoms with E-state index in [0.717, 1.165) is 17.3 Å². The summed E-state index contributed by atoms with van der Waals surface area (Å²) >= 11 is 0. The van der Waals surface area contributed by atoms with Gasteiger partial charge in [0.25, 0.3) is 0 Å². The lowest BCUT2D eigenvalue weighted by atomic mass is 10.0. The molecule has 2 fully saturated rings. The van der Waals surface area contributed by atoms with Crippen LogP contribution in [-0.2, 0) is 9.84 Å². The third-order valence-corrected chi connectivity index (χ3v) is 7.85.